The summed E-state index contributed by atoms with van der Waals surface area (Å²) in [5.74, 6) is 0.894. The third-order valence-electron chi connectivity index (χ3n) is 2.59. The SMILES string of the molecule is Cc1ccc(C(N)C2=CCCO2)cc1Br. The van der Waals surface area contributed by atoms with E-state index in [4.69, 9.17) is 10.5 Å². The normalized spacial score (nSPS) is 17.1. The van der Waals surface area contributed by atoms with E-state index in [1.807, 2.05) is 6.07 Å². The Balaban J connectivity index is 2.25. The van der Waals surface area contributed by atoms with E-state index in [9.17, 15) is 0 Å². The Hall–Kier alpha value is -0.800. The van der Waals surface area contributed by atoms with Crippen molar-refractivity contribution >= 4 is 15.9 Å². The van der Waals surface area contributed by atoms with Crippen LogP contribution in [-0.2, 0) is 4.74 Å². The molecule has 0 aromatic heterocycles. The second-order valence-corrected chi connectivity index (χ2v) is 4.58. The largest absolute Gasteiger partial charge is 0.496 e. The Labute approximate surface area is 98.2 Å². The maximum atomic E-state index is 6.11. The van der Waals surface area contributed by atoms with Crippen LogP contribution >= 0.6 is 15.9 Å². The van der Waals surface area contributed by atoms with E-state index in [0.717, 1.165) is 28.8 Å². The van der Waals surface area contributed by atoms with Crippen molar-refractivity contribution in [1.29, 1.82) is 0 Å². The molecule has 0 bridgehead atoms. The molecule has 0 fully saturated rings. The van der Waals surface area contributed by atoms with Crippen molar-refractivity contribution in [3.05, 3.63) is 45.6 Å². The maximum absolute atomic E-state index is 6.11. The Morgan fingerprint density at radius 1 is 1.47 bits per heavy atom. The minimum atomic E-state index is -0.135. The van der Waals surface area contributed by atoms with Gasteiger partial charge in [-0.1, -0.05) is 28.1 Å². The van der Waals surface area contributed by atoms with Crippen LogP contribution < -0.4 is 5.73 Å². The minimum absolute atomic E-state index is 0.135. The van der Waals surface area contributed by atoms with Gasteiger partial charge in [0.05, 0.1) is 12.6 Å². The molecule has 1 aromatic rings. The highest BCUT2D eigenvalue weighted by Crippen LogP contribution is 2.27. The molecule has 0 aliphatic carbocycles. The van der Waals surface area contributed by atoms with E-state index in [-0.39, 0.29) is 6.04 Å². The van der Waals surface area contributed by atoms with Gasteiger partial charge in [0.1, 0.15) is 5.76 Å². The lowest BCUT2D eigenvalue weighted by Gasteiger charge is -2.14. The van der Waals surface area contributed by atoms with Crippen LogP contribution in [0.25, 0.3) is 0 Å². The summed E-state index contributed by atoms with van der Waals surface area (Å²) in [5, 5.41) is 0. The molecule has 2 rings (SSSR count). The maximum Gasteiger partial charge on any atom is 0.113 e. The summed E-state index contributed by atoms with van der Waals surface area (Å²) in [4.78, 5) is 0. The van der Waals surface area contributed by atoms with E-state index in [1.165, 1.54) is 5.56 Å². The molecule has 0 saturated heterocycles. The summed E-state index contributed by atoms with van der Waals surface area (Å²) in [6.45, 7) is 2.82. The average molecular weight is 268 g/mol. The van der Waals surface area contributed by atoms with Crippen LogP contribution in [0, 0.1) is 6.92 Å². The highest BCUT2D eigenvalue weighted by molar-refractivity contribution is 9.10. The number of rotatable bonds is 2. The van der Waals surface area contributed by atoms with Crippen molar-refractivity contribution in [2.75, 3.05) is 6.61 Å². The molecular weight excluding hydrogens is 254 g/mol. The van der Waals surface area contributed by atoms with Crippen LogP contribution in [0.4, 0.5) is 0 Å². The van der Waals surface area contributed by atoms with E-state index < -0.39 is 0 Å². The monoisotopic (exact) mass is 267 g/mol. The predicted molar refractivity (Wildman–Crippen MR) is 64.5 cm³/mol. The Kier molecular flexibility index (Phi) is 3.12. The van der Waals surface area contributed by atoms with Gasteiger partial charge in [-0.25, -0.2) is 0 Å². The second-order valence-electron chi connectivity index (χ2n) is 3.73. The second kappa shape index (κ2) is 4.37. The molecule has 1 atom stereocenters. The topological polar surface area (TPSA) is 35.2 Å². The lowest BCUT2D eigenvalue weighted by atomic mass is 10.0. The van der Waals surface area contributed by atoms with Crippen LogP contribution in [0.2, 0.25) is 0 Å². The van der Waals surface area contributed by atoms with Crippen molar-refractivity contribution < 1.29 is 4.74 Å². The first-order valence-electron chi connectivity index (χ1n) is 5.03. The number of halogens is 1. The van der Waals surface area contributed by atoms with Gasteiger partial charge in [-0.2, -0.15) is 0 Å². The van der Waals surface area contributed by atoms with Gasteiger partial charge in [0.25, 0.3) is 0 Å². The van der Waals surface area contributed by atoms with E-state index in [2.05, 4.69) is 41.1 Å². The van der Waals surface area contributed by atoms with Crippen LogP contribution in [-0.4, -0.2) is 6.61 Å². The average Bonchev–Trinajstić information content (AvgIpc) is 2.74. The predicted octanol–water partition coefficient (Wildman–Crippen LogP) is 3.06. The third-order valence-corrected chi connectivity index (χ3v) is 3.45. The summed E-state index contributed by atoms with van der Waals surface area (Å²) in [5.41, 5.74) is 8.40. The lowest BCUT2D eigenvalue weighted by Crippen LogP contribution is -2.13. The van der Waals surface area contributed by atoms with Gasteiger partial charge >= 0.3 is 0 Å². The Morgan fingerprint density at radius 3 is 2.87 bits per heavy atom. The fraction of sp³-hybridized carbons (Fsp3) is 0.333. The van der Waals surface area contributed by atoms with Crippen molar-refractivity contribution in [3.8, 4) is 0 Å². The van der Waals surface area contributed by atoms with Crippen molar-refractivity contribution in [2.24, 2.45) is 5.73 Å². The van der Waals surface area contributed by atoms with Gasteiger partial charge in [-0.3, -0.25) is 0 Å². The van der Waals surface area contributed by atoms with Crippen molar-refractivity contribution in [2.45, 2.75) is 19.4 Å². The summed E-state index contributed by atoms with van der Waals surface area (Å²) in [6.07, 6.45) is 3.04. The number of nitrogens with two attached hydrogens (primary N) is 1. The Morgan fingerprint density at radius 2 is 2.27 bits per heavy atom. The highest BCUT2D eigenvalue weighted by atomic mass is 79.9. The summed E-state index contributed by atoms with van der Waals surface area (Å²) < 4.78 is 6.55. The quantitative estimate of drug-likeness (QED) is 0.894. The zero-order chi connectivity index (χ0) is 10.8. The Bertz CT molecular complexity index is 401. The molecule has 0 saturated carbocycles. The first-order chi connectivity index (χ1) is 7.18. The molecule has 0 radical (unpaired) electrons. The van der Waals surface area contributed by atoms with Gasteiger partial charge in [-0.15, -0.1) is 0 Å². The fourth-order valence-electron chi connectivity index (χ4n) is 1.62. The smallest absolute Gasteiger partial charge is 0.113 e. The number of hydrogen-bond acceptors (Lipinski definition) is 2. The molecule has 2 N–H and O–H groups in total. The van der Waals surface area contributed by atoms with Gasteiger partial charge in [-0.05, 0) is 30.2 Å². The number of aryl methyl sites for hydroxylation is 1. The standard InChI is InChI=1S/C12H14BrNO/c1-8-4-5-9(7-10(8)13)12(14)11-3-2-6-15-11/h3-5,7,12H,2,6,14H2,1H3. The molecule has 1 heterocycles. The molecule has 1 aliphatic heterocycles. The molecule has 0 spiro atoms. The van der Waals surface area contributed by atoms with Crippen LogP contribution in [0.3, 0.4) is 0 Å². The number of hydrogen-bond donors (Lipinski definition) is 1. The zero-order valence-corrected chi connectivity index (χ0v) is 10.3. The molecule has 1 aliphatic rings. The minimum Gasteiger partial charge on any atom is -0.496 e. The van der Waals surface area contributed by atoms with Gasteiger partial charge in [0.2, 0.25) is 0 Å². The van der Waals surface area contributed by atoms with E-state index in [0.29, 0.717) is 0 Å². The highest BCUT2D eigenvalue weighted by Gasteiger charge is 2.16. The molecule has 15 heavy (non-hydrogen) atoms. The van der Waals surface area contributed by atoms with Gasteiger partial charge in [0.15, 0.2) is 0 Å². The summed E-state index contributed by atoms with van der Waals surface area (Å²) in [6, 6.07) is 6.04. The van der Waals surface area contributed by atoms with Crippen LogP contribution in [0.1, 0.15) is 23.6 Å². The molecule has 1 aromatic carbocycles. The van der Waals surface area contributed by atoms with Gasteiger partial charge in [0, 0.05) is 10.9 Å². The summed E-state index contributed by atoms with van der Waals surface area (Å²) in [7, 11) is 0. The molecule has 80 valence electrons. The lowest BCUT2D eigenvalue weighted by molar-refractivity contribution is 0.225. The molecular formula is C12H14BrNO. The first kappa shape index (κ1) is 10.7. The third kappa shape index (κ3) is 2.24. The first-order valence-corrected chi connectivity index (χ1v) is 5.82. The summed E-state index contributed by atoms with van der Waals surface area (Å²) >= 11 is 3.51. The molecule has 1 unspecified atom stereocenters. The zero-order valence-electron chi connectivity index (χ0n) is 8.66. The number of benzene rings is 1. The van der Waals surface area contributed by atoms with E-state index in [1.54, 1.807) is 0 Å². The van der Waals surface area contributed by atoms with Crippen LogP contribution in [0.15, 0.2) is 34.5 Å². The van der Waals surface area contributed by atoms with Gasteiger partial charge < -0.3 is 10.5 Å². The fourth-order valence-corrected chi connectivity index (χ4v) is 2.02. The molecule has 3 heteroatoms. The molecule has 0 amide bonds. The molecule has 2 nitrogen and oxygen atoms in total. The van der Waals surface area contributed by atoms with E-state index >= 15 is 0 Å². The van der Waals surface area contributed by atoms with Crippen molar-refractivity contribution in [3.63, 3.8) is 0 Å². The number of ether oxygens (including phenoxy) is 1. The van der Waals surface area contributed by atoms with Crippen LogP contribution in [0.5, 0.6) is 0 Å². The van der Waals surface area contributed by atoms with Crippen molar-refractivity contribution in [1.82, 2.24) is 0 Å².